The zero-order valence-corrected chi connectivity index (χ0v) is 18.5. The highest BCUT2D eigenvalue weighted by Crippen LogP contribution is 2.34. The fourth-order valence-electron chi connectivity index (χ4n) is 2.80. The van der Waals surface area contributed by atoms with E-state index in [4.69, 9.17) is 4.98 Å². The number of carbonyl (C=O) groups is 1. The Labute approximate surface area is 180 Å². The van der Waals surface area contributed by atoms with Gasteiger partial charge in [0.25, 0.3) is 5.91 Å². The number of thiophene rings is 2. The summed E-state index contributed by atoms with van der Waals surface area (Å²) >= 11 is 6.60. The quantitative estimate of drug-likeness (QED) is 0.244. The topological polar surface area (TPSA) is 33.2 Å². The molecule has 0 unspecified atom stereocenters. The first-order chi connectivity index (χ1) is 13.7. The third-order valence-electron chi connectivity index (χ3n) is 4.18. The van der Waals surface area contributed by atoms with Gasteiger partial charge in [-0.1, -0.05) is 29.5 Å². The molecule has 0 saturated carbocycles. The molecule has 1 aromatic carbocycles. The van der Waals surface area contributed by atoms with E-state index in [0.29, 0.717) is 6.54 Å². The van der Waals surface area contributed by atoms with Crippen molar-refractivity contribution in [3.05, 3.63) is 69.1 Å². The Bertz CT molecular complexity index is 1080. The molecule has 0 N–H and O–H groups in total. The molecule has 0 aliphatic rings. The second-order valence-electron chi connectivity index (χ2n) is 5.97. The number of nitrogens with zero attached hydrogens (tertiary/aromatic N) is 2. The lowest BCUT2D eigenvalue weighted by atomic mass is 10.3. The van der Waals surface area contributed by atoms with Crippen LogP contribution in [0.15, 0.2) is 64.2 Å². The fraction of sp³-hybridized carbons (Fsp3) is 0.143. The van der Waals surface area contributed by atoms with Gasteiger partial charge in [0.15, 0.2) is 5.13 Å². The van der Waals surface area contributed by atoms with Gasteiger partial charge in [-0.3, -0.25) is 9.69 Å². The summed E-state index contributed by atoms with van der Waals surface area (Å²) in [6, 6.07) is 14.3. The van der Waals surface area contributed by atoms with E-state index >= 15 is 0 Å². The molecule has 0 saturated heterocycles. The first-order valence-electron chi connectivity index (χ1n) is 8.73. The van der Waals surface area contributed by atoms with Crippen molar-refractivity contribution in [3.63, 3.8) is 0 Å². The fourth-order valence-corrected chi connectivity index (χ4v) is 5.77. The summed E-state index contributed by atoms with van der Waals surface area (Å²) in [5.74, 6) is -0.0327. The molecule has 0 fully saturated rings. The number of para-hydroxylation sites is 1. The summed E-state index contributed by atoms with van der Waals surface area (Å²) in [6.45, 7) is 0.614. The Morgan fingerprint density at radius 3 is 2.75 bits per heavy atom. The van der Waals surface area contributed by atoms with Gasteiger partial charge < -0.3 is 0 Å². The molecule has 3 nitrogen and oxygen atoms in total. The van der Waals surface area contributed by atoms with Gasteiger partial charge in [0, 0.05) is 27.3 Å². The number of thiazole rings is 1. The Hall–Kier alpha value is -1.93. The van der Waals surface area contributed by atoms with Crippen LogP contribution in [0, 0.1) is 0 Å². The van der Waals surface area contributed by atoms with Gasteiger partial charge in [-0.05, 0) is 53.8 Å². The van der Waals surface area contributed by atoms with E-state index in [0.717, 1.165) is 31.5 Å². The van der Waals surface area contributed by atoms with Crippen molar-refractivity contribution in [3.8, 4) is 0 Å². The number of carbonyl (C=O) groups excluding carboxylic acids is 1. The van der Waals surface area contributed by atoms with Crippen LogP contribution in [0.1, 0.15) is 9.75 Å². The van der Waals surface area contributed by atoms with Crippen LogP contribution in [0.5, 0.6) is 0 Å². The lowest BCUT2D eigenvalue weighted by Gasteiger charge is -2.17. The Morgan fingerprint density at radius 1 is 1.14 bits per heavy atom. The predicted octanol–water partition coefficient (Wildman–Crippen LogP) is 6.43. The number of anilines is 1. The number of benzene rings is 1. The maximum Gasteiger partial charge on any atom is 0.252 e. The van der Waals surface area contributed by atoms with E-state index in [2.05, 4.69) is 29.8 Å². The highest BCUT2D eigenvalue weighted by molar-refractivity contribution is 7.98. The van der Waals surface area contributed by atoms with Crippen LogP contribution < -0.4 is 4.90 Å². The highest BCUT2D eigenvalue weighted by Gasteiger charge is 2.19. The van der Waals surface area contributed by atoms with E-state index in [-0.39, 0.29) is 5.91 Å². The average molecular weight is 443 g/mol. The highest BCUT2D eigenvalue weighted by atomic mass is 32.2. The molecule has 0 aliphatic carbocycles. The number of hydrogen-bond donors (Lipinski definition) is 0. The number of aromatic nitrogens is 1. The first-order valence-corrected chi connectivity index (χ1v) is 12.5. The molecule has 3 heterocycles. The largest absolute Gasteiger partial charge is 0.284 e. The SMILES string of the molecule is CSc1cccc2sc(N(CCc3cccs3)C(=O)/C=C/c3cccs3)nc12. The molecule has 0 atom stereocenters. The first kappa shape index (κ1) is 19.4. The summed E-state index contributed by atoms with van der Waals surface area (Å²) in [7, 11) is 0. The monoisotopic (exact) mass is 442 g/mol. The van der Waals surface area contributed by atoms with Gasteiger partial charge in [-0.25, -0.2) is 4.98 Å². The molecule has 0 spiro atoms. The standard InChI is InChI=1S/C21H18N2OS4/c1-25-17-7-2-8-18-20(17)22-21(28-18)23(12-11-16-6-4-14-27-16)19(24)10-9-15-5-3-13-26-15/h2-10,13-14H,11-12H2,1H3/b10-9+. The second-order valence-corrected chi connectivity index (χ2v) is 9.84. The average Bonchev–Trinajstić information content (AvgIpc) is 3.47. The lowest BCUT2D eigenvalue weighted by molar-refractivity contribution is -0.114. The van der Waals surface area contributed by atoms with Crippen molar-refractivity contribution in [2.45, 2.75) is 11.3 Å². The van der Waals surface area contributed by atoms with Crippen molar-refractivity contribution in [2.24, 2.45) is 0 Å². The molecular weight excluding hydrogens is 425 g/mol. The summed E-state index contributed by atoms with van der Waals surface area (Å²) in [5.41, 5.74) is 0.978. The van der Waals surface area contributed by atoms with Gasteiger partial charge in [0.1, 0.15) is 0 Å². The molecule has 0 radical (unpaired) electrons. The van der Waals surface area contributed by atoms with Crippen LogP contribution in [-0.2, 0) is 11.2 Å². The molecule has 0 bridgehead atoms. The molecule has 4 aromatic rings. The molecule has 0 aliphatic heterocycles. The van der Waals surface area contributed by atoms with Crippen molar-refractivity contribution in [1.82, 2.24) is 4.98 Å². The minimum atomic E-state index is -0.0327. The third-order valence-corrected chi connectivity index (χ3v) is 7.77. The number of rotatable bonds is 7. The van der Waals surface area contributed by atoms with Crippen LogP contribution in [0.25, 0.3) is 16.3 Å². The molecule has 7 heteroatoms. The van der Waals surface area contributed by atoms with E-state index in [9.17, 15) is 4.79 Å². The van der Waals surface area contributed by atoms with E-state index in [1.54, 1.807) is 56.7 Å². The Kier molecular flexibility index (Phi) is 6.26. The Morgan fingerprint density at radius 2 is 2.00 bits per heavy atom. The van der Waals surface area contributed by atoms with Crippen molar-refractivity contribution < 1.29 is 4.79 Å². The number of thioether (sulfide) groups is 1. The zero-order valence-electron chi connectivity index (χ0n) is 15.2. The predicted molar refractivity (Wildman–Crippen MR) is 125 cm³/mol. The van der Waals surface area contributed by atoms with Crippen LogP contribution >= 0.6 is 45.8 Å². The van der Waals surface area contributed by atoms with Crippen LogP contribution in [0.3, 0.4) is 0 Å². The van der Waals surface area contributed by atoms with Gasteiger partial charge in [0.2, 0.25) is 0 Å². The van der Waals surface area contributed by atoms with Crippen LogP contribution in [0.4, 0.5) is 5.13 Å². The van der Waals surface area contributed by atoms with Crippen LogP contribution in [0.2, 0.25) is 0 Å². The normalized spacial score (nSPS) is 11.5. The molecule has 142 valence electrons. The van der Waals surface area contributed by atoms with Gasteiger partial charge in [0.05, 0.1) is 10.2 Å². The minimum Gasteiger partial charge on any atom is -0.284 e. The van der Waals surface area contributed by atoms with Crippen LogP contribution in [-0.4, -0.2) is 23.7 Å². The Balaban J connectivity index is 1.64. The molecule has 1 amide bonds. The minimum absolute atomic E-state index is 0.0327. The smallest absolute Gasteiger partial charge is 0.252 e. The van der Waals surface area contributed by atoms with Crippen molar-refractivity contribution in [2.75, 3.05) is 17.7 Å². The number of amides is 1. The molecule has 4 rings (SSSR count). The van der Waals surface area contributed by atoms with Crippen molar-refractivity contribution >= 4 is 73.1 Å². The maximum absolute atomic E-state index is 13.0. The second kappa shape index (κ2) is 9.05. The van der Waals surface area contributed by atoms with E-state index in [1.165, 1.54) is 4.88 Å². The van der Waals surface area contributed by atoms with E-state index in [1.807, 2.05) is 35.7 Å². The lowest BCUT2D eigenvalue weighted by Crippen LogP contribution is -2.31. The third kappa shape index (κ3) is 4.38. The summed E-state index contributed by atoms with van der Waals surface area (Å²) < 4.78 is 1.11. The van der Waals surface area contributed by atoms with E-state index < -0.39 is 0 Å². The molecular formula is C21H18N2OS4. The molecule has 28 heavy (non-hydrogen) atoms. The van der Waals surface area contributed by atoms with Gasteiger partial charge in [-0.15, -0.1) is 34.4 Å². The van der Waals surface area contributed by atoms with Gasteiger partial charge in [-0.2, -0.15) is 0 Å². The molecule has 3 aromatic heterocycles. The van der Waals surface area contributed by atoms with Crippen molar-refractivity contribution in [1.29, 1.82) is 0 Å². The number of fused-ring (bicyclic) bond motifs is 1. The zero-order chi connectivity index (χ0) is 19.3. The van der Waals surface area contributed by atoms with Gasteiger partial charge >= 0.3 is 0 Å². The number of hydrogen-bond acceptors (Lipinski definition) is 6. The summed E-state index contributed by atoms with van der Waals surface area (Å²) in [6.07, 6.45) is 6.41. The maximum atomic E-state index is 13.0. The summed E-state index contributed by atoms with van der Waals surface area (Å²) in [5, 5.41) is 4.84. The summed E-state index contributed by atoms with van der Waals surface area (Å²) in [4.78, 5) is 23.1.